The summed E-state index contributed by atoms with van der Waals surface area (Å²) in [4.78, 5) is 16.6. The quantitative estimate of drug-likeness (QED) is 0.516. The van der Waals surface area contributed by atoms with Crippen molar-refractivity contribution in [1.29, 1.82) is 0 Å². The molecule has 5 nitrogen and oxygen atoms in total. The molecule has 0 saturated carbocycles. The van der Waals surface area contributed by atoms with E-state index in [4.69, 9.17) is 26.6 Å². The second-order valence-corrected chi connectivity index (χ2v) is 8.18. The van der Waals surface area contributed by atoms with Crippen molar-refractivity contribution in [2.24, 2.45) is 4.99 Å². The zero-order chi connectivity index (χ0) is 21.1. The third-order valence-electron chi connectivity index (χ3n) is 5.11. The lowest BCUT2D eigenvalue weighted by Gasteiger charge is -2.17. The maximum Gasteiger partial charge on any atom is 0.137 e. The van der Waals surface area contributed by atoms with E-state index in [-0.39, 0.29) is 12.4 Å². The number of fused-ring (bicyclic) bond motifs is 3. The molecule has 162 valence electrons. The number of benzene rings is 2. The Labute approximate surface area is 195 Å². The number of hydrogen-bond donors (Lipinski definition) is 1. The Bertz CT molecular complexity index is 1080. The molecule has 1 aliphatic heterocycles. The Morgan fingerprint density at radius 2 is 1.81 bits per heavy atom. The smallest absolute Gasteiger partial charge is 0.137 e. The van der Waals surface area contributed by atoms with Gasteiger partial charge in [0, 0.05) is 28.3 Å². The molecule has 0 fully saturated rings. The lowest BCUT2D eigenvalue weighted by atomic mass is 9.93. The molecule has 0 atom stereocenters. The van der Waals surface area contributed by atoms with Gasteiger partial charge in [0.1, 0.15) is 11.6 Å². The maximum atomic E-state index is 6.40. The molecular weight excluding hydrogens is 429 g/mol. The van der Waals surface area contributed by atoms with Gasteiger partial charge in [0.25, 0.3) is 0 Å². The molecule has 4 rings (SSSR count). The number of rotatable bonds is 6. The van der Waals surface area contributed by atoms with E-state index >= 15 is 0 Å². The summed E-state index contributed by atoms with van der Waals surface area (Å²) < 4.78 is 0. The number of hydrogen-bond acceptors (Lipinski definition) is 5. The summed E-state index contributed by atoms with van der Waals surface area (Å²) in [6.07, 6.45) is 1.03. The number of nitrogens with one attached hydrogen (secondary N) is 1. The van der Waals surface area contributed by atoms with Gasteiger partial charge in [0.2, 0.25) is 0 Å². The summed E-state index contributed by atoms with van der Waals surface area (Å²) in [7, 11) is 4.17. The average Bonchev–Trinajstić information content (AvgIpc) is 2.88. The molecule has 0 unspecified atom stereocenters. The standard InChI is InChI=1S/C24H26ClN5.ClH/c1-16-28-21-15-27-23(17-8-5-4-6-9-17)20-14-18(25)10-11-19(20)22(21)24(29-16)26-12-7-13-30(2)3;/h4-6,8-11,14H,7,12-13,15H2,1-3H3,(H,26,28,29);1H. The predicted octanol–water partition coefficient (Wildman–Crippen LogP) is 5.24. The monoisotopic (exact) mass is 455 g/mol. The molecule has 7 heteroatoms. The molecule has 3 aromatic rings. The Balaban J connectivity index is 0.00000272. The molecule has 0 bridgehead atoms. The third kappa shape index (κ3) is 5.24. The zero-order valence-corrected chi connectivity index (χ0v) is 19.6. The van der Waals surface area contributed by atoms with Gasteiger partial charge in [-0.1, -0.05) is 48.0 Å². The maximum absolute atomic E-state index is 6.40. The molecule has 0 radical (unpaired) electrons. The van der Waals surface area contributed by atoms with Crippen LogP contribution in [-0.4, -0.2) is 47.8 Å². The Morgan fingerprint density at radius 3 is 2.55 bits per heavy atom. The highest BCUT2D eigenvalue weighted by atomic mass is 35.5. The van der Waals surface area contributed by atoms with Crippen LogP contribution in [0.2, 0.25) is 5.02 Å². The molecule has 0 saturated heterocycles. The van der Waals surface area contributed by atoms with Gasteiger partial charge in [-0.15, -0.1) is 12.4 Å². The number of nitrogens with zero attached hydrogens (tertiary/aromatic N) is 4. The minimum absolute atomic E-state index is 0. The molecule has 2 aromatic carbocycles. The molecule has 0 spiro atoms. The summed E-state index contributed by atoms with van der Waals surface area (Å²) in [6.45, 7) is 4.30. The molecule has 1 aliphatic rings. The van der Waals surface area contributed by atoms with E-state index in [9.17, 15) is 0 Å². The van der Waals surface area contributed by atoms with Crippen molar-refractivity contribution in [1.82, 2.24) is 14.9 Å². The van der Waals surface area contributed by atoms with Crippen LogP contribution < -0.4 is 5.32 Å². The van der Waals surface area contributed by atoms with Crippen molar-refractivity contribution in [3.8, 4) is 11.1 Å². The number of anilines is 1. The van der Waals surface area contributed by atoms with Crippen LogP contribution in [0.5, 0.6) is 0 Å². The van der Waals surface area contributed by atoms with Crippen molar-refractivity contribution in [3.63, 3.8) is 0 Å². The minimum atomic E-state index is 0. The van der Waals surface area contributed by atoms with Gasteiger partial charge in [-0.25, -0.2) is 9.97 Å². The van der Waals surface area contributed by atoms with Crippen LogP contribution in [0.15, 0.2) is 53.5 Å². The van der Waals surface area contributed by atoms with Gasteiger partial charge >= 0.3 is 0 Å². The molecule has 2 heterocycles. The van der Waals surface area contributed by atoms with Crippen LogP contribution in [0, 0.1) is 6.92 Å². The molecule has 1 aromatic heterocycles. The molecule has 1 N–H and O–H groups in total. The first-order valence-electron chi connectivity index (χ1n) is 10.2. The van der Waals surface area contributed by atoms with Crippen LogP contribution in [0.25, 0.3) is 11.1 Å². The molecular formula is C24H27Cl2N5. The predicted molar refractivity (Wildman–Crippen MR) is 132 cm³/mol. The van der Waals surface area contributed by atoms with E-state index in [2.05, 4.69) is 42.5 Å². The van der Waals surface area contributed by atoms with E-state index in [1.165, 1.54) is 0 Å². The Kier molecular flexibility index (Phi) is 7.65. The fourth-order valence-corrected chi connectivity index (χ4v) is 3.94. The highest BCUT2D eigenvalue weighted by Crippen LogP contribution is 2.37. The Hall–Kier alpha value is -2.47. The summed E-state index contributed by atoms with van der Waals surface area (Å²) in [5.41, 5.74) is 6.03. The first kappa shape index (κ1) is 23.2. The van der Waals surface area contributed by atoms with Crippen molar-refractivity contribution in [2.45, 2.75) is 19.9 Å². The first-order chi connectivity index (χ1) is 14.5. The van der Waals surface area contributed by atoms with Crippen LogP contribution in [0.3, 0.4) is 0 Å². The topological polar surface area (TPSA) is 53.4 Å². The lowest BCUT2D eigenvalue weighted by Crippen LogP contribution is -2.17. The van der Waals surface area contributed by atoms with Crippen molar-refractivity contribution >= 4 is 35.5 Å². The number of aliphatic imine (C=N–C) groups is 1. The van der Waals surface area contributed by atoms with Crippen LogP contribution >= 0.6 is 24.0 Å². The molecule has 31 heavy (non-hydrogen) atoms. The highest BCUT2D eigenvalue weighted by molar-refractivity contribution is 6.31. The van der Waals surface area contributed by atoms with Gasteiger partial charge in [0.05, 0.1) is 18.0 Å². The van der Waals surface area contributed by atoms with Gasteiger partial charge in [0.15, 0.2) is 0 Å². The van der Waals surface area contributed by atoms with E-state index in [1.54, 1.807) is 0 Å². The van der Waals surface area contributed by atoms with Crippen LogP contribution in [0.4, 0.5) is 5.82 Å². The number of aromatic nitrogens is 2. The Morgan fingerprint density at radius 1 is 1.03 bits per heavy atom. The van der Waals surface area contributed by atoms with Crippen molar-refractivity contribution < 1.29 is 0 Å². The normalized spacial score (nSPS) is 12.4. The third-order valence-corrected chi connectivity index (χ3v) is 5.35. The number of halogens is 2. The van der Waals surface area contributed by atoms with E-state index in [0.717, 1.165) is 64.8 Å². The molecule has 0 amide bonds. The summed E-state index contributed by atoms with van der Waals surface area (Å²) >= 11 is 6.40. The second kappa shape index (κ2) is 10.2. The van der Waals surface area contributed by atoms with Crippen LogP contribution in [-0.2, 0) is 6.54 Å². The van der Waals surface area contributed by atoms with Gasteiger partial charge in [-0.3, -0.25) is 4.99 Å². The van der Waals surface area contributed by atoms with Gasteiger partial charge in [-0.2, -0.15) is 0 Å². The number of aryl methyl sites for hydroxylation is 1. The second-order valence-electron chi connectivity index (χ2n) is 7.75. The minimum Gasteiger partial charge on any atom is -0.369 e. The summed E-state index contributed by atoms with van der Waals surface area (Å²) in [5, 5.41) is 4.23. The summed E-state index contributed by atoms with van der Waals surface area (Å²) in [6, 6.07) is 16.2. The highest BCUT2D eigenvalue weighted by Gasteiger charge is 2.24. The van der Waals surface area contributed by atoms with E-state index in [0.29, 0.717) is 11.6 Å². The fraction of sp³-hybridized carbons (Fsp3) is 0.292. The van der Waals surface area contributed by atoms with Crippen LogP contribution in [0.1, 0.15) is 29.1 Å². The molecule has 0 aliphatic carbocycles. The largest absolute Gasteiger partial charge is 0.369 e. The zero-order valence-electron chi connectivity index (χ0n) is 18.0. The summed E-state index contributed by atoms with van der Waals surface area (Å²) in [5.74, 6) is 1.61. The van der Waals surface area contributed by atoms with E-state index in [1.807, 2.05) is 37.3 Å². The van der Waals surface area contributed by atoms with Crippen molar-refractivity contribution in [3.05, 3.63) is 76.2 Å². The first-order valence-corrected chi connectivity index (χ1v) is 10.6. The lowest BCUT2D eigenvalue weighted by molar-refractivity contribution is 0.405. The average molecular weight is 456 g/mol. The van der Waals surface area contributed by atoms with Gasteiger partial charge < -0.3 is 10.2 Å². The fourth-order valence-electron chi connectivity index (χ4n) is 3.77. The van der Waals surface area contributed by atoms with E-state index < -0.39 is 0 Å². The van der Waals surface area contributed by atoms with Gasteiger partial charge in [-0.05, 0) is 51.7 Å². The van der Waals surface area contributed by atoms with Crippen molar-refractivity contribution in [2.75, 3.05) is 32.5 Å². The SMILES string of the molecule is Cc1nc2c(c(NCCCN(C)C)n1)-c1ccc(Cl)cc1C(c1ccccc1)=NC2.Cl.